The topological polar surface area (TPSA) is 38.3 Å². The number of hydrogen-bond acceptors (Lipinski definition) is 3. The van der Waals surface area contributed by atoms with Crippen LogP contribution in [0.5, 0.6) is 5.75 Å². The number of anilines is 1. The molecule has 0 bridgehead atoms. The molecule has 1 unspecified atom stereocenters. The lowest BCUT2D eigenvalue weighted by Crippen LogP contribution is -2.29. The van der Waals surface area contributed by atoms with Crippen molar-refractivity contribution in [2.24, 2.45) is 0 Å². The molecule has 0 radical (unpaired) electrons. The van der Waals surface area contributed by atoms with Crippen LogP contribution in [-0.2, 0) is 0 Å². The molecule has 0 aromatic heterocycles. The van der Waals surface area contributed by atoms with Crippen LogP contribution in [0.25, 0.3) is 0 Å². The highest BCUT2D eigenvalue weighted by Crippen LogP contribution is 2.28. The molecule has 0 spiro atoms. The van der Waals surface area contributed by atoms with Gasteiger partial charge in [0, 0.05) is 23.9 Å². The number of alkyl halides is 1. The molecule has 0 fully saturated rings. The third-order valence-electron chi connectivity index (χ3n) is 2.25. The molecule has 1 aromatic carbocycles. The lowest BCUT2D eigenvalue weighted by atomic mass is 10.0. The van der Waals surface area contributed by atoms with Crippen molar-refractivity contribution in [1.29, 1.82) is 0 Å². The van der Waals surface area contributed by atoms with Crippen LogP contribution >= 0.6 is 15.9 Å². The van der Waals surface area contributed by atoms with Crippen molar-refractivity contribution in [3.05, 3.63) is 23.8 Å². The monoisotopic (exact) mass is 255 g/mol. The van der Waals surface area contributed by atoms with Crippen molar-refractivity contribution in [3.63, 3.8) is 0 Å². The molecule has 4 heteroatoms. The number of carbonyl (C=O) groups is 1. The number of carbonyl (C=O) groups excluding carboxylic acids is 1. The maximum absolute atomic E-state index is 11.7. The van der Waals surface area contributed by atoms with Crippen LogP contribution < -0.4 is 10.1 Å². The number of ketones is 1. The molecule has 1 heterocycles. The Labute approximate surface area is 90.6 Å². The first-order chi connectivity index (χ1) is 6.72. The number of benzene rings is 1. The fraction of sp³-hybridized carbons (Fsp3) is 0.300. The number of rotatable bonds is 1. The average molecular weight is 256 g/mol. The number of methoxy groups -OCH3 is 1. The molecule has 0 saturated carbocycles. The fourth-order valence-corrected chi connectivity index (χ4v) is 1.88. The van der Waals surface area contributed by atoms with Crippen LogP contribution in [0.3, 0.4) is 0 Å². The summed E-state index contributed by atoms with van der Waals surface area (Å²) in [6.45, 7) is 0.624. The fourth-order valence-electron chi connectivity index (χ4n) is 1.47. The van der Waals surface area contributed by atoms with E-state index in [2.05, 4.69) is 21.2 Å². The third-order valence-corrected chi connectivity index (χ3v) is 2.99. The van der Waals surface area contributed by atoms with Gasteiger partial charge in [-0.15, -0.1) is 0 Å². The second-order valence-corrected chi connectivity index (χ2v) is 4.23. The van der Waals surface area contributed by atoms with Crippen LogP contribution in [0.15, 0.2) is 18.2 Å². The second kappa shape index (κ2) is 3.61. The van der Waals surface area contributed by atoms with Gasteiger partial charge in [0.1, 0.15) is 5.75 Å². The molecule has 1 aliphatic heterocycles. The van der Waals surface area contributed by atoms with Gasteiger partial charge in [-0.05, 0) is 12.1 Å². The highest BCUT2D eigenvalue weighted by atomic mass is 79.9. The van der Waals surface area contributed by atoms with E-state index in [1.54, 1.807) is 19.2 Å². The van der Waals surface area contributed by atoms with E-state index in [-0.39, 0.29) is 10.6 Å². The summed E-state index contributed by atoms with van der Waals surface area (Å²) in [7, 11) is 1.61. The van der Waals surface area contributed by atoms with Gasteiger partial charge in [-0.2, -0.15) is 0 Å². The number of ether oxygens (including phenoxy) is 1. The molecule has 1 aromatic rings. The molecule has 1 N–H and O–H groups in total. The predicted octanol–water partition coefficient (Wildman–Crippen LogP) is 2.07. The van der Waals surface area contributed by atoms with Gasteiger partial charge >= 0.3 is 0 Å². The van der Waals surface area contributed by atoms with E-state index in [1.165, 1.54) is 0 Å². The molecule has 0 saturated heterocycles. The minimum atomic E-state index is -0.122. The summed E-state index contributed by atoms with van der Waals surface area (Å²) in [5.41, 5.74) is 1.57. The van der Waals surface area contributed by atoms with Crippen molar-refractivity contribution in [3.8, 4) is 5.75 Å². The zero-order valence-electron chi connectivity index (χ0n) is 7.71. The number of fused-ring (bicyclic) bond motifs is 1. The highest BCUT2D eigenvalue weighted by molar-refractivity contribution is 9.10. The molecule has 2 rings (SSSR count). The lowest BCUT2D eigenvalue weighted by molar-refractivity contribution is 0.0992. The van der Waals surface area contributed by atoms with Gasteiger partial charge in [0.05, 0.1) is 11.9 Å². The van der Waals surface area contributed by atoms with Crippen LogP contribution in [-0.4, -0.2) is 24.3 Å². The Balaban J connectivity index is 2.44. The molecule has 1 atom stereocenters. The van der Waals surface area contributed by atoms with E-state index >= 15 is 0 Å². The zero-order chi connectivity index (χ0) is 10.1. The van der Waals surface area contributed by atoms with Gasteiger partial charge in [-0.3, -0.25) is 4.79 Å². The van der Waals surface area contributed by atoms with Crippen molar-refractivity contribution in [1.82, 2.24) is 0 Å². The standard InChI is InChI=1S/C10H10BrNO2/c1-14-6-2-3-7-9(4-6)12-5-8(11)10(7)13/h2-4,8,12H,5H2,1H3. The Morgan fingerprint density at radius 3 is 3.07 bits per heavy atom. The molecule has 3 nitrogen and oxygen atoms in total. The molecule has 0 amide bonds. The quantitative estimate of drug-likeness (QED) is 0.781. The smallest absolute Gasteiger partial charge is 0.180 e. The second-order valence-electron chi connectivity index (χ2n) is 3.12. The van der Waals surface area contributed by atoms with Crippen LogP contribution in [0.4, 0.5) is 5.69 Å². The van der Waals surface area contributed by atoms with E-state index in [9.17, 15) is 4.79 Å². The largest absolute Gasteiger partial charge is 0.497 e. The van der Waals surface area contributed by atoms with Crippen molar-refractivity contribution in [2.75, 3.05) is 19.0 Å². The van der Waals surface area contributed by atoms with Gasteiger partial charge in [-0.25, -0.2) is 0 Å². The number of halogens is 1. The van der Waals surface area contributed by atoms with E-state index in [0.717, 1.165) is 17.0 Å². The summed E-state index contributed by atoms with van der Waals surface area (Å²) in [5.74, 6) is 0.887. The maximum atomic E-state index is 11.7. The predicted molar refractivity (Wildman–Crippen MR) is 58.5 cm³/mol. The first-order valence-electron chi connectivity index (χ1n) is 4.32. The zero-order valence-corrected chi connectivity index (χ0v) is 9.30. The summed E-state index contributed by atoms with van der Waals surface area (Å²) < 4.78 is 5.08. The number of hydrogen-bond donors (Lipinski definition) is 1. The first kappa shape index (κ1) is 9.52. The number of Topliss-reactive ketones (excluding diaryl/α,β-unsaturated/α-hetero) is 1. The lowest BCUT2D eigenvalue weighted by Gasteiger charge is -2.21. The average Bonchev–Trinajstić information content (AvgIpc) is 2.23. The Kier molecular flexibility index (Phi) is 2.46. The van der Waals surface area contributed by atoms with Gasteiger partial charge in [0.25, 0.3) is 0 Å². The van der Waals surface area contributed by atoms with E-state index in [1.807, 2.05) is 6.07 Å². The molecular formula is C10H10BrNO2. The van der Waals surface area contributed by atoms with Crippen LogP contribution in [0, 0.1) is 0 Å². The highest BCUT2D eigenvalue weighted by Gasteiger charge is 2.24. The summed E-state index contributed by atoms with van der Waals surface area (Å²) in [6, 6.07) is 5.42. The van der Waals surface area contributed by atoms with E-state index in [0.29, 0.717) is 6.54 Å². The van der Waals surface area contributed by atoms with E-state index in [4.69, 9.17) is 4.74 Å². The molecular weight excluding hydrogens is 246 g/mol. The minimum absolute atomic E-state index is 0.122. The Morgan fingerprint density at radius 1 is 1.57 bits per heavy atom. The molecule has 0 aliphatic carbocycles. The Morgan fingerprint density at radius 2 is 2.36 bits per heavy atom. The summed E-state index contributed by atoms with van der Waals surface area (Å²) in [4.78, 5) is 11.6. The summed E-state index contributed by atoms with van der Waals surface area (Å²) >= 11 is 3.32. The van der Waals surface area contributed by atoms with Crippen LogP contribution in [0.2, 0.25) is 0 Å². The van der Waals surface area contributed by atoms with Crippen molar-refractivity contribution < 1.29 is 9.53 Å². The normalized spacial score (nSPS) is 19.9. The SMILES string of the molecule is COc1ccc2c(c1)NCC(Br)C2=O. The van der Waals surface area contributed by atoms with E-state index < -0.39 is 0 Å². The van der Waals surface area contributed by atoms with Crippen molar-refractivity contribution >= 4 is 27.4 Å². The molecule has 74 valence electrons. The minimum Gasteiger partial charge on any atom is -0.497 e. The van der Waals surface area contributed by atoms with Gasteiger partial charge in [0.2, 0.25) is 0 Å². The Hall–Kier alpha value is -1.03. The van der Waals surface area contributed by atoms with Gasteiger partial charge in [0.15, 0.2) is 5.78 Å². The maximum Gasteiger partial charge on any atom is 0.180 e. The number of nitrogens with one attached hydrogen (secondary N) is 1. The Bertz CT molecular complexity index is 378. The first-order valence-corrected chi connectivity index (χ1v) is 5.24. The van der Waals surface area contributed by atoms with Gasteiger partial charge in [-0.1, -0.05) is 15.9 Å². The van der Waals surface area contributed by atoms with Crippen LogP contribution in [0.1, 0.15) is 10.4 Å². The van der Waals surface area contributed by atoms with Crippen molar-refractivity contribution in [2.45, 2.75) is 4.83 Å². The van der Waals surface area contributed by atoms with Gasteiger partial charge < -0.3 is 10.1 Å². The summed E-state index contributed by atoms with van der Waals surface area (Å²) in [6.07, 6.45) is 0. The summed E-state index contributed by atoms with van der Waals surface area (Å²) in [5, 5.41) is 3.17. The molecule has 1 aliphatic rings. The molecule has 14 heavy (non-hydrogen) atoms. The third kappa shape index (κ3) is 1.50.